The Bertz CT molecular complexity index is 1790. The van der Waals surface area contributed by atoms with Gasteiger partial charge in [0.25, 0.3) is 17.4 Å². The maximum atomic E-state index is 13.9. The topological polar surface area (TPSA) is 101 Å². The van der Waals surface area contributed by atoms with Gasteiger partial charge < -0.3 is 19.5 Å². The van der Waals surface area contributed by atoms with Crippen molar-refractivity contribution in [2.75, 3.05) is 20.1 Å². The Morgan fingerprint density at radius 3 is 2.32 bits per heavy atom. The van der Waals surface area contributed by atoms with Gasteiger partial charge in [0.1, 0.15) is 17.0 Å². The van der Waals surface area contributed by atoms with Crippen molar-refractivity contribution in [1.82, 2.24) is 24.1 Å². The van der Waals surface area contributed by atoms with Gasteiger partial charge in [-0.05, 0) is 49.2 Å². The third-order valence-corrected chi connectivity index (χ3v) is 7.72. The van der Waals surface area contributed by atoms with Gasteiger partial charge in [-0.1, -0.05) is 35.3 Å². The van der Waals surface area contributed by atoms with Crippen LogP contribution in [0.25, 0.3) is 10.9 Å². The highest BCUT2D eigenvalue weighted by Crippen LogP contribution is 2.38. The van der Waals surface area contributed by atoms with E-state index >= 15 is 0 Å². The highest BCUT2D eigenvalue weighted by Gasteiger charge is 2.38. The molecule has 1 aliphatic rings. The van der Waals surface area contributed by atoms with Crippen LogP contribution in [0.2, 0.25) is 10.0 Å². The van der Waals surface area contributed by atoms with Crippen LogP contribution in [0.5, 0.6) is 5.75 Å². The second kappa shape index (κ2) is 10.8. The number of carbonyl (C=O) groups is 2. The smallest absolute Gasteiger partial charge is 0.280 e. The van der Waals surface area contributed by atoms with Crippen LogP contribution in [-0.4, -0.2) is 61.2 Å². The minimum absolute atomic E-state index is 0.0202. The summed E-state index contributed by atoms with van der Waals surface area (Å²) in [4.78, 5) is 43.8. The largest absolute Gasteiger partial charge is 0.505 e. The lowest BCUT2D eigenvalue weighted by Crippen LogP contribution is -2.42. The zero-order chi connectivity index (χ0) is 29.7. The fourth-order valence-electron chi connectivity index (χ4n) is 5.13. The van der Waals surface area contributed by atoms with Crippen LogP contribution in [0.1, 0.15) is 52.0 Å². The Hall–Kier alpha value is -3.96. The number of fused-ring (bicyclic) bond motifs is 3. The number of benzene rings is 2. The molecule has 0 bridgehead atoms. The zero-order valence-corrected chi connectivity index (χ0v) is 23.8. The first-order chi connectivity index (χ1) is 19.4. The fraction of sp³-hybridized carbons (Fsp3) is 0.286. The maximum absolute atomic E-state index is 13.9. The van der Waals surface area contributed by atoms with E-state index in [1.807, 2.05) is 6.92 Å². The van der Waals surface area contributed by atoms with Gasteiger partial charge in [-0.2, -0.15) is 5.10 Å². The molecule has 0 unspecified atom stereocenters. The van der Waals surface area contributed by atoms with Crippen LogP contribution in [0, 0.1) is 11.6 Å². The van der Waals surface area contributed by atoms with E-state index in [1.165, 1.54) is 51.7 Å². The van der Waals surface area contributed by atoms with Crippen molar-refractivity contribution >= 4 is 45.9 Å². The van der Waals surface area contributed by atoms with Crippen LogP contribution in [0.4, 0.5) is 8.78 Å². The van der Waals surface area contributed by atoms with Crippen LogP contribution in [0.15, 0.2) is 41.2 Å². The molecule has 0 fully saturated rings. The summed E-state index contributed by atoms with van der Waals surface area (Å²) in [5.41, 5.74) is -0.0456. The number of hydrogen-bond donors (Lipinski definition) is 1. The van der Waals surface area contributed by atoms with Crippen molar-refractivity contribution in [3.05, 3.63) is 90.9 Å². The molecule has 1 N–H and O–H groups in total. The quantitative estimate of drug-likeness (QED) is 0.340. The summed E-state index contributed by atoms with van der Waals surface area (Å²) in [5.74, 6) is -2.90. The number of hydrogen-bond acceptors (Lipinski definition) is 5. The summed E-state index contributed by atoms with van der Waals surface area (Å²) in [5, 5.41) is 15.2. The Morgan fingerprint density at radius 2 is 1.71 bits per heavy atom. The summed E-state index contributed by atoms with van der Waals surface area (Å²) in [7, 11) is 1.50. The molecule has 214 valence electrons. The predicted octanol–water partition coefficient (Wildman–Crippen LogP) is 4.85. The van der Waals surface area contributed by atoms with Gasteiger partial charge in [0.05, 0.1) is 22.1 Å². The molecule has 1 aliphatic heterocycles. The van der Waals surface area contributed by atoms with Crippen LogP contribution in [0.3, 0.4) is 0 Å². The van der Waals surface area contributed by atoms with Crippen molar-refractivity contribution in [3.8, 4) is 5.75 Å². The summed E-state index contributed by atoms with van der Waals surface area (Å²) >= 11 is 11.8. The van der Waals surface area contributed by atoms with Gasteiger partial charge >= 0.3 is 0 Å². The minimum atomic E-state index is -0.743. The van der Waals surface area contributed by atoms with Gasteiger partial charge in [-0.25, -0.2) is 13.5 Å². The number of rotatable bonds is 6. The minimum Gasteiger partial charge on any atom is -0.505 e. The first-order valence-corrected chi connectivity index (χ1v) is 13.5. The Kier molecular flexibility index (Phi) is 7.52. The molecular weight excluding hydrogens is 579 g/mol. The molecule has 3 heterocycles. The van der Waals surface area contributed by atoms with E-state index in [-0.39, 0.29) is 45.4 Å². The summed E-state index contributed by atoms with van der Waals surface area (Å²) < 4.78 is 29.9. The molecule has 0 radical (unpaired) electrons. The van der Waals surface area contributed by atoms with Gasteiger partial charge in [0.2, 0.25) is 0 Å². The molecule has 0 aliphatic carbocycles. The Morgan fingerprint density at radius 1 is 1.10 bits per heavy atom. The summed E-state index contributed by atoms with van der Waals surface area (Å²) in [6.45, 7) is 4.10. The molecule has 0 saturated heterocycles. The predicted molar refractivity (Wildman–Crippen MR) is 150 cm³/mol. The van der Waals surface area contributed by atoms with E-state index in [0.717, 1.165) is 10.7 Å². The normalized spacial score (nSPS) is 15.0. The number of amides is 2. The second-order valence-electron chi connectivity index (χ2n) is 9.95. The number of halogens is 4. The van der Waals surface area contributed by atoms with Gasteiger partial charge in [0, 0.05) is 32.7 Å². The standard InChI is InChI=1S/C28H25Cl2F2N5O4/c1-4-35-11-14(2)37-23-21(25(38)24(37)28(35)41)26(39)36(13-16-6-8-20(32)18(30)10-16)33-22(23)27(40)34(3)12-15-5-7-19(31)17(29)9-15/h5-10,14,38H,4,11-13H2,1-3H3/t14-/m0/s1. The Balaban J connectivity index is 1.71. The highest BCUT2D eigenvalue weighted by molar-refractivity contribution is 6.31. The molecule has 0 saturated carbocycles. The van der Waals surface area contributed by atoms with Crippen molar-refractivity contribution in [2.45, 2.75) is 33.0 Å². The molecule has 41 heavy (non-hydrogen) atoms. The number of carbonyl (C=O) groups excluding carboxylic acids is 2. The number of aromatic hydroxyl groups is 1. The monoisotopic (exact) mass is 603 g/mol. The molecule has 5 rings (SSSR count). The molecule has 2 amide bonds. The van der Waals surface area contributed by atoms with Crippen molar-refractivity contribution < 1.29 is 23.5 Å². The molecule has 2 aromatic heterocycles. The van der Waals surface area contributed by atoms with E-state index < -0.39 is 40.8 Å². The zero-order valence-electron chi connectivity index (χ0n) is 22.3. The molecule has 4 aromatic rings. The van der Waals surface area contributed by atoms with E-state index in [4.69, 9.17) is 23.2 Å². The SMILES string of the molecule is CCN1C[C@H](C)n2c(c(O)c3c(=O)n(Cc4ccc(F)c(Cl)c4)nc(C(=O)N(C)Cc4ccc(F)c(Cl)c4)c32)C1=O. The summed E-state index contributed by atoms with van der Waals surface area (Å²) in [6, 6.07) is 7.56. The lowest BCUT2D eigenvalue weighted by atomic mass is 10.2. The molecule has 13 heteroatoms. The van der Waals surface area contributed by atoms with Crippen molar-refractivity contribution in [3.63, 3.8) is 0 Å². The first kappa shape index (κ1) is 28.6. The number of aromatic nitrogens is 3. The van der Waals surface area contributed by atoms with E-state index in [0.29, 0.717) is 24.2 Å². The average molecular weight is 604 g/mol. The summed E-state index contributed by atoms with van der Waals surface area (Å²) in [6.07, 6.45) is 0. The molecule has 1 atom stereocenters. The third-order valence-electron chi connectivity index (χ3n) is 7.14. The van der Waals surface area contributed by atoms with Crippen LogP contribution < -0.4 is 5.56 Å². The lowest BCUT2D eigenvalue weighted by Gasteiger charge is -2.32. The Labute approximate surface area is 243 Å². The van der Waals surface area contributed by atoms with E-state index in [9.17, 15) is 28.3 Å². The van der Waals surface area contributed by atoms with Gasteiger partial charge in [-0.3, -0.25) is 14.4 Å². The molecule has 9 nitrogen and oxygen atoms in total. The van der Waals surface area contributed by atoms with Gasteiger partial charge in [-0.15, -0.1) is 0 Å². The first-order valence-electron chi connectivity index (χ1n) is 12.7. The fourth-order valence-corrected chi connectivity index (χ4v) is 5.54. The number of nitrogens with zero attached hydrogens (tertiary/aromatic N) is 5. The van der Waals surface area contributed by atoms with Crippen molar-refractivity contribution in [2.24, 2.45) is 0 Å². The number of likely N-dealkylation sites (N-methyl/N-ethyl adjacent to an activating group) is 1. The second-order valence-corrected chi connectivity index (χ2v) is 10.8. The molecule has 2 aromatic carbocycles. The van der Waals surface area contributed by atoms with Crippen molar-refractivity contribution in [1.29, 1.82) is 0 Å². The maximum Gasteiger partial charge on any atom is 0.280 e. The van der Waals surface area contributed by atoms with Crippen LogP contribution in [-0.2, 0) is 13.1 Å². The molecular formula is C28H25Cl2F2N5O4. The third kappa shape index (κ3) is 4.93. The van der Waals surface area contributed by atoms with Crippen LogP contribution >= 0.6 is 23.2 Å². The average Bonchev–Trinajstić information content (AvgIpc) is 3.25. The van der Waals surface area contributed by atoms with E-state index in [2.05, 4.69) is 5.10 Å². The van der Waals surface area contributed by atoms with E-state index in [1.54, 1.807) is 6.92 Å². The molecule has 0 spiro atoms. The lowest BCUT2D eigenvalue weighted by molar-refractivity contribution is 0.0683. The van der Waals surface area contributed by atoms with Gasteiger partial charge in [0.15, 0.2) is 17.1 Å². The highest BCUT2D eigenvalue weighted by atomic mass is 35.5.